The average molecular weight is 543 g/mol. The summed E-state index contributed by atoms with van der Waals surface area (Å²) >= 11 is 3.68. The van der Waals surface area contributed by atoms with Crippen molar-refractivity contribution in [2.24, 2.45) is 0 Å². The highest BCUT2D eigenvalue weighted by molar-refractivity contribution is 9.10. The van der Waals surface area contributed by atoms with E-state index in [-0.39, 0.29) is 12.0 Å². The molecule has 4 aromatic rings. The van der Waals surface area contributed by atoms with Crippen molar-refractivity contribution in [1.29, 1.82) is 0 Å². The second-order valence-electron chi connectivity index (χ2n) is 7.95. The molecule has 9 heteroatoms. The zero-order valence-electron chi connectivity index (χ0n) is 18.9. The minimum atomic E-state index is -1.42. The summed E-state index contributed by atoms with van der Waals surface area (Å²) in [6.45, 7) is 0.638. The summed E-state index contributed by atoms with van der Waals surface area (Å²) in [5.74, 6) is 0.371. The summed E-state index contributed by atoms with van der Waals surface area (Å²) in [6, 6.07) is 17.3. The number of nitrogens with zero attached hydrogens (tertiary/aromatic N) is 2. The maximum atomic E-state index is 12.6. The van der Waals surface area contributed by atoms with Crippen molar-refractivity contribution in [3.63, 3.8) is 0 Å². The molecular weight excluding hydrogens is 516 g/mol. The van der Waals surface area contributed by atoms with Crippen LogP contribution in [0.15, 0.2) is 69.9 Å². The number of ether oxygens (including phenoxy) is 1. The lowest BCUT2D eigenvalue weighted by molar-refractivity contribution is -0.115. The molecule has 0 aliphatic carbocycles. The van der Waals surface area contributed by atoms with E-state index in [4.69, 9.17) is 18.6 Å². The molecule has 0 aliphatic heterocycles. The lowest BCUT2D eigenvalue weighted by atomic mass is 10.0. The van der Waals surface area contributed by atoms with Gasteiger partial charge < -0.3 is 23.5 Å². The third kappa shape index (κ3) is 5.56. The molecule has 7 nitrogen and oxygen atoms in total. The zero-order valence-corrected chi connectivity index (χ0v) is 21.9. The standard InChI is InChI=1S/C25H27BrN2O5Si/c1-31-16-28-22(27-23(24(28)26)19-10-9-18-11-13-32-21(18)14-19)8-5-12-33-34-25(30)20(15-29)17-6-3-2-4-7-17/h2-4,6-7,9-11,13-14,20,29H,5,8,12,15-16,34H2,1H3. The smallest absolute Gasteiger partial charge is 0.235 e. The summed E-state index contributed by atoms with van der Waals surface area (Å²) in [5, 5.41) is 10.7. The van der Waals surface area contributed by atoms with Crippen LogP contribution in [0, 0.1) is 0 Å². The van der Waals surface area contributed by atoms with Gasteiger partial charge in [0.05, 0.1) is 18.8 Å². The van der Waals surface area contributed by atoms with Gasteiger partial charge in [-0.05, 0) is 40.0 Å². The highest BCUT2D eigenvalue weighted by Gasteiger charge is 2.20. The number of fused-ring (bicyclic) bond motifs is 1. The van der Waals surface area contributed by atoms with Crippen LogP contribution in [0.3, 0.4) is 0 Å². The first-order valence-corrected chi connectivity index (χ1v) is 13.2. The van der Waals surface area contributed by atoms with E-state index >= 15 is 0 Å². The Morgan fingerprint density at radius 3 is 2.82 bits per heavy atom. The van der Waals surface area contributed by atoms with Crippen molar-refractivity contribution in [3.8, 4) is 11.3 Å². The number of aliphatic hydroxyl groups is 1. The van der Waals surface area contributed by atoms with Gasteiger partial charge in [-0.25, -0.2) is 4.98 Å². The van der Waals surface area contributed by atoms with E-state index in [0.29, 0.717) is 19.8 Å². The number of hydrogen-bond donors (Lipinski definition) is 1. The summed E-state index contributed by atoms with van der Waals surface area (Å²) < 4.78 is 19.5. The number of aromatic nitrogens is 2. The quantitative estimate of drug-likeness (QED) is 0.215. The molecule has 34 heavy (non-hydrogen) atoms. The Bertz CT molecular complexity index is 1240. The fourth-order valence-electron chi connectivity index (χ4n) is 3.90. The summed E-state index contributed by atoms with van der Waals surface area (Å²) in [7, 11) is 0.233. The second kappa shape index (κ2) is 11.7. The summed E-state index contributed by atoms with van der Waals surface area (Å²) in [5.41, 5.74) is 3.42. The number of rotatable bonds is 12. The molecule has 0 spiro atoms. The van der Waals surface area contributed by atoms with Gasteiger partial charge >= 0.3 is 0 Å². The number of aryl methyl sites for hydroxylation is 1. The monoisotopic (exact) mass is 542 g/mol. The maximum absolute atomic E-state index is 12.6. The predicted molar refractivity (Wildman–Crippen MR) is 136 cm³/mol. The van der Waals surface area contributed by atoms with E-state index in [2.05, 4.69) is 15.9 Å². The topological polar surface area (TPSA) is 86.7 Å². The third-order valence-corrected chi connectivity index (χ3v) is 7.75. The minimum absolute atomic E-state index is 0.00734. The molecule has 4 rings (SSSR count). The third-order valence-electron chi connectivity index (χ3n) is 5.68. The first kappa shape index (κ1) is 24.6. The fourth-order valence-corrected chi connectivity index (χ4v) is 5.64. The highest BCUT2D eigenvalue weighted by atomic mass is 79.9. The molecule has 178 valence electrons. The minimum Gasteiger partial charge on any atom is -0.464 e. The lowest BCUT2D eigenvalue weighted by Gasteiger charge is -2.13. The van der Waals surface area contributed by atoms with Gasteiger partial charge in [0.25, 0.3) is 0 Å². The Balaban J connectivity index is 1.37. The van der Waals surface area contributed by atoms with Crippen molar-refractivity contribution < 1.29 is 23.5 Å². The number of aliphatic hydroxyl groups excluding tert-OH is 1. The number of furan rings is 1. The van der Waals surface area contributed by atoms with Gasteiger partial charge in [0.2, 0.25) is 9.76 Å². The largest absolute Gasteiger partial charge is 0.464 e. The first-order valence-electron chi connectivity index (χ1n) is 11.1. The Morgan fingerprint density at radius 2 is 2.06 bits per heavy atom. The van der Waals surface area contributed by atoms with Crippen LogP contribution in [0.1, 0.15) is 23.7 Å². The van der Waals surface area contributed by atoms with Crippen molar-refractivity contribution >= 4 is 42.1 Å². The number of benzene rings is 2. The number of methoxy groups -OCH3 is 1. The van der Waals surface area contributed by atoms with Crippen molar-refractivity contribution in [3.05, 3.63) is 76.9 Å². The molecule has 1 unspecified atom stereocenters. The van der Waals surface area contributed by atoms with Crippen LogP contribution in [0.4, 0.5) is 0 Å². The lowest BCUT2D eigenvalue weighted by Crippen LogP contribution is -2.24. The molecule has 2 heterocycles. The summed E-state index contributed by atoms with van der Waals surface area (Å²) in [4.78, 5) is 17.4. The van der Waals surface area contributed by atoms with Crippen molar-refractivity contribution in [2.45, 2.75) is 25.5 Å². The number of carbonyl (C=O) groups is 1. The number of carbonyl (C=O) groups excluding carboxylic acids is 1. The maximum Gasteiger partial charge on any atom is 0.235 e. The molecule has 2 aromatic carbocycles. The number of imidazole rings is 1. The SMILES string of the molecule is COCn1c(CCCO[SiH2]C(=O)C(CO)c2ccccc2)nc(-c2ccc3ccoc3c2)c1Br. The van der Waals surface area contributed by atoms with E-state index in [1.54, 1.807) is 13.4 Å². The van der Waals surface area contributed by atoms with E-state index in [0.717, 1.165) is 44.6 Å². The molecule has 0 aliphatic rings. The fraction of sp³-hybridized carbons (Fsp3) is 0.280. The first-order chi connectivity index (χ1) is 16.6. The number of hydrogen-bond acceptors (Lipinski definition) is 6. The van der Waals surface area contributed by atoms with Crippen LogP contribution in [0.5, 0.6) is 0 Å². The van der Waals surface area contributed by atoms with Crippen LogP contribution in [0.25, 0.3) is 22.2 Å². The van der Waals surface area contributed by atoms with E-state index in [1.165, 1.54) is 0 Å². The molecule has 0 saturated heterocycles. The molecule has 0 radical (unpaired) electrons. The normalized spacial score (nSPS) is 12.7. The van der Waals surface area contributed by atoms with Crippen LogP contribution >= 0.6 is 15.9 Å². The number of halogens is 1. The van der Waals surface area contributed by atoms with Crippen molar-refractivity contribution in [2.75, 3.05) is 20.3 Å². The van der Waals surface area contributed by atoms with Gasteiger partial charge in [0.1, 0.15) is 33.8 Å². The summed E-state index contributed by atoms with van der Waals surface area (Å²) in [6.07, 6.45) is 3.07. The predicted octanol–water partition coefficient (Wildman–Crippen LogP) is 4.00. The molecule has 1 N–H and O–H groups in total. The molecule has 0 amide bonds. The average Bonchev–Trinajstić information content (AvgIpc) is 3.44. The molecule has 2 aromatic heterocycles. The molecular formula is C25H27BrN2O5Si. The van der Waals surface area contributed by atoms with Gasteiger partial charge in [-0.15, -0.1) is 0 Å². The van der Waals surface area contributed by atoms with Crippen LogP contribution in [-0.2, 0) is 27.1 Å². The van der Waals surface area contributed by atoms with Crippen LogP contribution in [0.2, 0.25) is 0 Å². The van der Waals surface area contributed by atoms with Crippen LogP contribution in [-0.4, -0.2) is 50.2 Å². The van der Waals surface area contributed by atoms with Gasteiger partial charge in [0, 0.05) is 31.1 Å². The second-order valence-corrected chi connectivity index (χ2v) is 10.1. The molecule has 1 atom stereocenters. The van der Waals surface area contributed by atoms with E-state index in [1.807, 2.05) is 59.2 Å². The Kier molecular flexibility index (Phi) is 8.47. The van der Waals surface area contributed by atoms with Crippen molar-refractivity contribution in [1.82, 2.24) is 9.55 Å². The Hall–Kier alpha value is -2.56. The van der Waals surface area contributed by atoms with E-state index < -0.39 is 15.7 Å². The zero-order chi connectivity index (χ0) is 23.9. The van der Waals surface area contributed by atoms with Gasteiger partial charge in [0.15, 0.2) is 0 Å². The Labute approximate surface area is 208 Å². The molecule has 0 bridgehead atoms. The molecule has 0 fully saturated rings. The van der Waals surface area contributed by atoms with Gasteiger partial charge in [-0.1, -0.05) is 42.5 Å². The highest BCUT2D eigenvalue weighted by Crippen LogP contribution is 2.31. The van der Waals surface area contributed by atoms with E-state index in [9.17, 15) is 9.90 Å². The Morgan fingerprint density at radius 1 is 1.24 bits per heavy atom. The van der Waals surface area contributed by atoms with Gasteiger partial charge in [-0.2, -0.15) is 0 Å². The van der Waals surface area contributed by atoms with Crippen LogP contribution < -0.4 is 0 Å². The molecule has 0 saturated carbocycles. The van der Waals surface area contributed by atoms with Gasteiger partial charge in [-0.3, -0.25) is 4.57 Å².